The second-order valence-corrected chi connectivity index (χ2v) is 6.19. The van der Waals surface area contributed by atoms with E-state index in [-0.39, 0.29) is 0 Å². The first kappa shape index (κ1) is 18.4. The topological polar surface area (TPSA) is 61.8 Å². The van der Waals surface area contributed by atoms with Crippen molar-refractivity contribution in [3.63, 3.8) is 0 Å². The number of likely N-dealkylation sites (N-methyl/N-ethyl adjacent to an activating group) is 1. The summed E-state index contributed by atoms with van der Waals surface area (Å²) in [5.74, 6) is 0.00635. The number of hydrogen-bond donors (Lipinski definition) is 2. The lowest BCUT2D eigenvalue weighted by Crippen LogP contribution is -2.51. The van der Waals surface area contributed by atoms with Crippen LogP contribution in [0.3, 0.4) is 0 Å². The van der Waals surface area contributed by atoms with Crippen LogP contribution in [0.4, 0.5) is 0 Å². The van der Waals surface area contributed by atoms with Gasteiger partial charge in [0.2, 0.25) is 0 Å². The standard InChI is InChI=1S/C16H32N2O3/c1-4-16(15(19)20,17-5-2)9-6-10-18(3)13-14-7-11-21-12-8-14/h14,17H,4-13H2,1-3H3,(H,19,20). The van der Waals surface area contributed by atoms with Crippen molar-refractivity contribution >= 4 is 5.97 Å². The molecule has 124 valence electrons. The highest BCUT2D eigenvalue weighted by molar-refractivity contribution is 5.78. The molecule has 0 bridgehead atoms. The van der Waals surface area contributed by atoms with Crippen molar-refractivity contribution in [2.24, 2.45) is 5.92 Å². The highest BCUT2D eigenvalue weighted by Gasteiger charge is 2.35. The minimum atomic E-state index is -0.756. The second-order valence-electron chi connectivity index (χ2n) is 6.19. The number of aliphatic carboxylic acids is 1. The predicted molar refractivity (Wildman–Crippen MR) is 84.6 cm³/mol. The molecule has 1 heterocycles. The Kier molecular flexibility index (Phi) is 8.22. The lowest BCUT2D eigenvalue weighted by Gasteiger charge is -2.31. The fourth-order valence-corrected chi connectivity index (χ4v) is 3.17. The SMILES string of the molecule is CCNC(CC)(CCCN(C)CC1CCOCC1)C(=O)O. The van der Waals surface area contributed by atoms with Gasteiger partial charge in [-0.05, 0) is 58.2 Å². The van der Waals surface area contributed by atoms with Gasteiger partial charge < -0.3 is 20.1 Å². The van der Waals surface area contributed by atoms with Crippen LogP contribution in [0.5, 0.6) is 0 Å². The zero-order valence-electron chi connectivity index (χ0n) is 13.9. The summed E-state index contributed by atoms with van der Waals surface area (Å²) in [6, 6.07) is 0. The molecule has 0 aromatic carbocycles. The molecular weight excluding hydrogens is 268 g/mol. The van der Waals surface area contributed by atoms with Crippen LogP contribution in [-0.2, 0) is 9.53 Å². The minimum Gasteiger partial charge on any atom is -0.480 e. The molecule has 1 aliphatic rings. The maximum Gasteiger partial charge on any atom is 0.323 e. The van der Waals surface area contributed by atoms with Gasteiger partial charge in [-0.3, -0.25) is 4.79 Å². The molecule has 0 saturated carbocycles. The molecule has 1 atom stereocenters. The van der Waals surface area contributed by atoms with Crippen molar-refractivity contribution in [3.8, 4) is 0 Å². The van der Waals surface area contributed by atoms with Crippen molar-refractivity contribution in [2.45, 2.75) is 51.5 Å². The normalized spacial score (nSPS) is 19.6. The molecule has 1 saturated heterocycles. The Morgan fingerprint density at radius 2 is 2.05 bits per heavy atom. The van der Waals surface area contributed by atoms with E-state index in [0.29, 0.717) is 19.4 Å². The number of rotatable bonds is 10. The molecule has 0 aromatic rings. The summed E-state index contributed by atoms with van der Waals surface area (Å²) in [6.07, 6.45) is 4.52. The Hall–Kier alpha value is -0.650. The van der Waals surface area contributed by atoms with Gasteiger partial charge in [-0.25, -0.2) is 0 Å². The van der Waals surface area contributed by atoms with E-state index >= 15 is 0 Å². The molecule has 1 rings (SSSR count). The Labute approximate surface area is 129 Å². The van der Waals surface area contributed by atoms with Crippen molar-refractivity contribution in [1.29, 1.82) is 0 Å². The maximum absolute atomic E-state index is 11.5. The first-order valence-electron chi connectivity index (χ1n) is 8.28. The molecule has 0 aliphatic carbocycles. The van der Waals surface area contributed by atoms with Gasteiger partial charge in [-0.2, -0.15) is 0 Å². The maximum atomic E-state index is 11.5. The van der Waals surface area contributed by atoms with E-state index in [1.807, 2.05) is 13.8 Å². The summed E-state index contributed by atoms with van der Waals surface area (Å²) in [6.45, 7) is 8.42. The third-order valence-corrected chi connectivity index (χ3v) is 4.58. The van der Waals surface area contributed by atoms with Crippen LogP contribution in [-0.4, -0.2) is 61.4 Å². The summed E-state index contributed by atoms with van der Waals surface area (Å²) in [4.78, 5) is 13.9. The molecule has 21 heavy (non-hydrogen) atoms. The molecule has 1 fully saturated rings. The molecule has 5 heteroatoms. The molecule has 1 aliphatic heterocycles. The number of nitrogens with zero attached hydrogens (tertiary/aromatic N) is 1. The zero-order valence-corrected chi connectivity index (χ0v) is 13.9. The number of nitrogens with one attached hydrogen (secondary N) is 1. The van der Waals surface area contributed by atoms with E-state index in [1.165, 1.54) is 0 Å². The number of ether oxygens (including phenoxy) is 1. The first-order valence-corrected chi connectivity index (χ1v) is 8.28. The summed E-state index contributed by atoms with van der Waals surface area (Å²) in [7, 11) is 2.14. The van der Waals surface area contributed by atoms with E-state index in [2.05, 4.69) is 17.3 Å². The van der Waals surface area contributed by atoms with Gasteiger partial charge in [0.05, 0.1) is 0 Å². The van der Waals surface area contributed by atoms with Crippen molar-refractivity contribution in [3.05, 3.63) is 0 Å². The molecule has 0 amide bonds. The largest absolute Gasteiger partial charge is 0.480 e. The Morgan fingerprint density at radius 3 is 2.57 bits per heavy atom. The van der Waals surface area contributed by atoms with Crippen LogP contribution < -0.4 is 5.32 Å². The van der Waals surface area contributed by atoms with E-state index < -0.39 is 11.5 Å². The summed E-state index contributed by atoms with van der Waals surface area (Å²) in [5, 5.41) is 12.7. The lowest BCUT2D eigenvalue weighted by molar-refractivity contribution is -0.145. The third kappa shape index (κ3) is 5.93. The Bertz CT molecular complexity index is 306. The van der Waals surface area contributed by atoms with Gasteiger partial charge in [0.15, 0.2) is 0 Å². The number of carbonyl (C=O) groups is 1. The highest BCUT2D eigenvalue weighted by atomic mass is 16.5. The van der Waals surface area contributed by atoms with E-state index in [9.17, 15) is 9.90 Å². The smallest absolute Gasteiger partial charge is 0.323 e. The second kappa shape index (κ2) is 9.38. The van der Waals surface area contributed by atoms with Crippen LogP contribution in [0.2, 0.25) is 0 Å². The number of hydrogen-bond acceptors (Lipinski definition) is 4. The van der Waals surface area contributed by atoms with Crippen molar-refractivity contribution < 1.29 is 14.6 Å². The quantitative estimate of drug-likeness (QED) is 0.646. The molecular formula is C16H32N2O3. The summed E-state index contributed by atoms with van der Waals surface area (Å²) in [5.41, 5.74) is -0.756. The molecule has 1 unspecified atom stereocenters. The van der Waals surface area contributed by atoms with Crippen molar-refractivity contribution in [2.75, 3.05) is 39.9 Å². The van der Waals surface area contributed by atoms with Crippen LogP contribution in [0, 0.1) is 5.92 Å². The van der Waals surface area contributed by atoms with Gasteiger partial charge in [-0.1, -0.05) is 13.8 Å². The minimum absolute atomic E-state index is 0.625. The number of carboxylic acid groups (broad SMARTS) is 1. The van der Waals surface area contributed by atoms with E-state index in [4.69, 9.17) is 4.74 Å². The van der Waals surface area contributed by atoms with Gasteiger partial charge in [0.25, 0.3) is 0 Å². The average molecular weight is 300 g/mol. The van der Waals surface area contributed by atoms with Gasteiger partial charge in [-0.15, -0.1) is 0 Å². The fraction of sp³-hybridized carbons (Fsp3) is 0.938. The van der Waals surface area contributed by atoms with Crippen molar-refractivity contribution in [1.82, 2.24) is 10.2 Å². The van der Waals surface area contributed by atoms with E-state index in [1.54, 1.807) is 0 Å². The fourth-order valence-electron chi connectivity index (χ4n) is 3.17. The molecule has 0 aromatic heterocycles. The van der Waals surface area contributed by atoms with E-state index in [0.717, 1.165) is 51.5 Å². The van der Waals surface area contributed by atoms with Gasteiger partial charge in [0.1, 0.15) is 5.54 Å². The molecule has 0 spiro atoms. The van der Waals surface area contributed by atoms with Gasteiger partial charge >= 0.3 is 5.97 Å². The number of carboxylic acids is 1. The Balaban J connectivity index is 2.33. The van der Waals surface area contributed by atoms with Crippen LogP contribution >= 0.6 is 0 Å². The highest BCUT2D eigenvalue weighted by Crippen LogP contribution is 2.19. The zero-order chi connectivity index (χ0) is 15.7. The van der Waals surface area contributed by atoms with Gasteiger partial charge in [0, 0.05) is 19.8 Å². The summed E-state index contributed by atoms with van der Waals surface area (Å²) >= 11 is 0. The van der Waals surface area contributed by atoms with Crippen LogP contribution in [0.25, 0.3) is 0 Å². The molecule has 2 N–H and O–H groups in total. The monoisotopic (exact) mass is 300 g/mol. The lowest BCUT2D eigenvalue weighted by atomic mass is 9.90. The van der Waals surface area contributed by atoms with Crippen LogP contribution in [0.15, 0.2) is 0 Å². The summed E-state index contributed by atoms with van der Waals surface area (Å²) < 4.78 is 5.38. The Morgan fingerprint density at radius 1 is 1.38 bits per heavy atom. The predicted octanol–water partition coefficient (Wildman–Crippen LogP) is 1.97. The van der Waals surface area contributed by atoms with Crippen LogP contribution in [0.1, 0.15) is 46.0 Å². The third-order valence-electron chi connectivity index (χ3n) is 4.58. The molecule has 0 radical (unpaired) electrons. The first-order chi connectivity index (χ1) is 10.0. The molecule has 5 nitrogen and oxygen atoms in total. The average Bonchev–Trinajstić information content (AvgIpc) is 2.47.